The second kappa shape index (κ2) is 9.38. The third-order valence-corrected chi connectivity index (χ3v) is 7.49. The Morgan fingerprint density at radius 2 is 1.78 bits per heavy atom. The van der Waals surface area contributed by atoms with E-state index in [0.29, 0.717) is 34.5 Å². The number of aromatic amines is 1. The summed E-state index contributed by atoms with van der Waals surface area (Å²) in [6.45, 7) is 0.543. The van der Waals surface area contributed by atoms with Crippen molar-refractivity contribution in [3.8, 4) is 28.4 Å². The molecule has 2 aromatic carbocycles. The van der Waals surface area contributed by atoms with Crippen LogP contribution in [0.1, 0.15) is 0 Å². The summed E-state index contributed by atoms with van der Waals surface area (Å²) in [5.74, 6) is 0. The number of H-pyrrole nitrogens is 1. The van der Waals surface area contributed by atoms with Crippen LogP contribution in [0.3, 0.4) is 0 Å². The first-order valence-corrected chi connectivity index (χ1v) is 14.9. The number of ether oxygens (including phenoxy) is 3. The van der Waals surface area contributed by atoms with Crippen molar-refractivity contribution in [2.75, 3.05) is 30.4 Å². The second-order valence-electron chi connectivity index (χ2n) is 9.67. The minimum atomic E-state index is -2.40. The lowest BCUT2D eigenvalue weighted by Gasteiger charge is -2.16. The minimum Gasteiger partial charge on any atom is -0.456 e. The Bertz CT molecular complexity index is 1500. The Morgan fingerprint density at radius 1 is 1.03 bits per heavy atom. The number of nitrogens with one attached hydrogen (secondary N) is 2. The summed E-state index contributed by atoms with van der Waals surface area (Å²) in [7, 11) is -2.40. The fourth-order valence-corrected chi connectivity index (χ4v) is 5.76. The first kappa shape index (κ1) is 24.3. The largest absolute Gasteiger partial charge is 0.456 e. The molecule has 2 fully saturated rings. The lowest BCUT2D eigenvalue weighted by Crippen LogP contribution is -2.34. The molecule has 194 valence electrons. The molecule has 37 heavy (non-hydrogen) atoms. The lowest BCUT2D eigenvalue weighted by molar-refractivity contribution is 0.00706. The predicted molar refractivity (Wildman–Crippen MR) is 145 cm³/mol. The molecule has 9 nitrogen and oxygen atoms in total. The second-order valence-corrected chi connectivity index (χ2v) is 13.0. The zero-order valence-electron chi connectivity index (χ0n) is 20.2. The van der Waals surface area contributed by atoms with Gasteiger partial charge in [-0.1, -0.05) is 48.0 Å². The SMILES string of the molecule is C[SH](C)(=O)Nc1cccc(-c2ccc(-c3nc4[nH]c(O[C@@H]5CO[C@H]6[C@@H]5OC[C@H]6O)nc4cc3Cl)cc2)c1. The number of imidazole rings is 1. The van der Waals surface area contributed by atoms with Crippen molar-refractivity contribution in [3.05, 3.63) is 59.6 Å². The van der Waals surface area contributed by atoms with Crippen LogP contribution in [0.25, 0.3) is 33.5 Å². The van der Waals surface area contributed by atoms with Crippen LogP contribution in [-0.4, -0.2) is 74.4 Å². The van der Waals surface area contributed by atoms with Gasteiger partial charge in [0.1, 0.15) is 23.8 Å². The van der Waals surface area contributed by atoms with E-state index in [4.69, 9.17) is 30.8 Å². The lowest BCUT2D eigenvalue weighted by atomic mass is 10.0. The summed E-state index contributed by atoms with van der Waals surface area (Å²) < 4.78 is 32.4. The van der Waals surface area contributed by atoms with Gasteiger partial charge in [-0.25, -0.2) is 4.98 Å². The highest BCUT2D eigenvalue weighted by atomic mass is 35.5. The molecule has 2 saturated heterocycles. The molecule has 2 aliphatic rings. The average molecular weight is 543 g/mol. The molecule has 4 aromatic rings. The van der Waals surface area contributed by atoms with Crippen molar-refractivity contribution in [3.63, 3.8) is 0 Å². The number of hydrogen-bond donors (Lipinski definition) is 4. The molecule has 0 spiro atoms. The molecule has 4 atom stereocenters. The van der Waals surface area contributed by atoms with Crippen LogP contribution in [0.2, 0.25) is 5.02 Å². The molecule has 4 heterocycles. The van der Waals surface area contributed by atoms with Gasteiger partial charge < -0.3 is 24.0 Å². The number of nitrogens with zero attached hydrogens (tertiary/aromatic N) is 2. The fourth-order valence-electron chi connectivity index (χ4n) is 4.74. The summed E-state index contributed by atoms with van der Waals surface area (Å²) in [4.78, 5) is 12.3. The average Bonchev–Trinajstić information content (AvgIpc) is 3.54. The van der Waals surface area contributed by atoms with E-state index in [2.05, 4.69) is 14.7 Å². The third kappa shape index (κ3) is 4.95. The normalized spacial score (nSPS) is 23.8. The van der Waals surface area contributed by atoms with Crippen LogP contribution >= 0.6 is 11.6 Å². The third-order valence-electron chi connectivity index (χ3n) is 6.40. The van der Waals surface area contributed by atoms with E-state index in [9.17, 15) is 9.32 Å². The number of anilines is 1. The van der Waals surface area contributed by atoms with Crippen molar-refractivity contribution >= 4 is 38.6 Å². The van der Waals surface area contributed by atoms with Gasteiger partial charge in [0.15, 0.2) is 11.8 Å². The Balaban J connectivity index is 1.23. The molecular formula is C26H27ClN4O5S. The molecule has 0 radical (unpaired) electrons. The van der Waals surface area contributed by atoms with Gasteiger partial charge in [0.05, 0.1) is 23.9 Å². The molecule has 0 saturated carbocycles. The van der Waals surface area contributed by atoms with Crippen LogP contribution < -0.4 is 9.46 Å². The molecule has 2 aromatic heterocycles. The Kier molecular flexibility index (Phi) is 6.16. The Morgan fingerprint density at radius 3 is 2.57 bits per heavy atom. The molecule has 2 aliphatic heterocycles. The van der Waals surface area contributed by atoms with Crippen LogP contribution in [0.5, 0.6) is 6.01 Å². The number of halogens is 1. The maximum atomic E-state index is 12.1. The number of benzene rings is 2. The van der Waals surface area contributed by atoms with Crippen LogP contribution in [-0.2, 0) is 19.6 Å². The van der Waals surface area contributed by atoms with E-state index in [1.807, 2.05) is 48.5 Å². The Labute approximate surface area is 219 Å². The number of aliphatic hydroxyl groups excluding tert-OH is 1. The van der Waals surface area contributed by atoms with E-state index < -0.39 is 16.2 Å². The van der Waals surface area contributed by atoms with E-state index >= 15 is 0 Å². The van der Waals surface area contributed by atoms with Crippen molar-refractivity contribution in [1.29, 1.82) is 0 Å². The van der Waals surface area contributed by atoms with Gasteiger partial charge in [-0.2, -0.15) is 4.98 Å². The molecule has 3 N–H and O–H groups in total. The van der Waals surface area contributed by atoms with E-state index in [1.54, 1.807) is 18.6 Å². The number of rotatable bonds is 6. The van der Waals surface area contributed by atoms with Crippen molar-refractivity contribution in [1.82, 2.24) is 15.0 Å². The maximum Gasteiger partial charge on any atom is 0.296 e. The van der Waals surface area contributed by atoms with E-state index in [1.165, 1.54) is 0 Å². The number of aliphatic hydroxyl groups is 1. The molecule has 0 unspecified atom stereocenters. The highest BCUT2D eigenvalue weighted by Gasteiger charge is 2.48. The van der Waals surface area contributed by atoms with Crippen LogP contribution in [0.4, 0.5) is 5.69 Å². The van der Waals surface area contributed by atoms with E-state index in [0.717, 1.165) is 22.4 Å². The molecule has 11 heteroatoms. The van der Waals surface area contributed by atoms with Gasteiger partial charge in [-0.3, -0.25) is 9.19 Å². The number of hydrogen-bond acceptors (Lipinski definition) is 7. The first-order valence-electron chi connectivity index (χ1n) is 11.9. The topological polar surface area (TPSA) is 119 Å². The summed E-state index contributed by atoms with van der Waals surface area (Å²) in [6, 6.07) is 17.8. The number of fused-ring (bicyclic) bond motifs is 2. The molecular weight excluding hydrogens is 516 g/mol. The van der Waals surface area contributed by atoms with Crippen LogP contribution in [0, 0.1) is 0 Å². The summed E-state index contributed by atoms with van der Waals surface area (Å²) in [5.41, 5.74) is 5.44. The fraction of sp³-hybridized carbons (Fsp3) is 0.308. The predicted octanol–water partition coefficient (Wildman–Crippen LogP) is 3.45. The zero-order valence-corrected chi connectivity index (χ0v) is 21.9. The summed E-state index contributed by atoms with van der Waals surface area (Å²) >= 11 is 6.59. The quantitative estimate of drug-likeness (QED) is 0.276. The number of thiol groups is 1. The van der Waals surface area contributed by atoms with Gasteiger partial charge in [0, 0.05) is 23.8 Å². The standard InChI is InChI=1S/C26H27ClN4O5S/c1-37(2,33)31-17-5-3-4-16(10-17)14-6-8-15(9-7-14)22-18(27)11-19-25(29-22)30-26(28-19)36-21-13-35-23-20(32)12-34-24(21)23/h3-11,20-21,23-24,32,37H,12-13H2,1-2H3,(H,31,33)(H,28,29,30)/t20-,21-,23-,24-/m1/s1. The molecule has 0 aliphatic carbocycles. The minimum absolute atomic E-state index is 0.233. The van der Waals surface area contributed by atoms with Crippen molar-refractivity contribution in [2.24, 2.45) is 0 Å². The van der Waals surface area contributed by atoms with Gasteiger partial charge in [0.25, 0.3) is 6.01 Å². The van der Waals surface area contributed by atoms with Gasteiger partial charge >= 0.3 is 0 Å². The molecule has 0 amide bonds. The van der Waals surface area contributed by atoms with E-state index in [-0.39, 0.29) is 24.9 Å². The van der Waals surface area contributed by atoms with Gasteiger partial charge in [-0.05, 0) is 39.4 Å². The van der Waals surface area contributed by atoms with Crippen LogP contribution in [0.15, 0.2) is 54.6 Å². The monoisotopic (exact) mass is 542 g/mol. The highest BCUT2D eigenvalue weighted by molar-refractivity contribution is 8.02. The Hall–Kier alpha value is -3.02. The molecule has 0 bridgehead atoms. The van der Waals surface area contributed by atoms with Gasteiger partial charge in [-0.15, -0.1) is 0 Å². The molecule has 6 rings (SSSR count). The first-order chi connectivity index (χ1) is 17.7. The highest BCUT2D eigenvalue weighted by Crippen LogP contribution is 2.33. The summed E-state index contributed by atoms with van der Waals surface area (Å²) in [6.07, 6.45) is 1.67. The maximum absolute atomic E-state index is 12.1. The van der Waals surface area contributed by atoms with Gasteiger partial charge in [0.2, 0.25) is 0 Å². The summed E-state index contributed by atoms with van der Waals surface area (Å²) in [5, 5.41) is 10.4. The number of pyridine rings is 1. The number of aromatic nitrogens is 3. The zero-order chi connectivity index (χ0) is 25.7. The van der Waals surface area contributed by atoms with Crippen molar-refractivity contribution < 1.29 is 23.5 Å². The van der Waals surface area contributed by atoms with Crippen molar-refractivity contribution in [2.45, 2.75) is 24.4 Å². The smallest absolute Gasteiger partial charge is 0.296 e.